The van der Waals surface area contributed by atoms with Gasteiger partial charge in [-0.2, -0.15) is 0 Å². The fraction of sp³-hybridized carbons (Fsp3) is 0.286. The average Bonchev–Trinajstić information content (AvgIpc) is 2.16. The predicted octanol–water partition coefficient (Wildman–Crippen LogP) is 2.25. The second kappa shape index (κ2) is 4.35. The van der Waals surface area contributed by atoms with Gasteiger partial charge in [0.2, 0.25) is 5.82 Å². The van der Waals surface area contributed by atoms with Crippen molar-refractivity contribution in [1.29, 1.82) is 0 Å². The molecule has 82 valence electrons. The Morgan fingerprint density at radius 2 is 2.27 bits per heavy atom. The molecule has 1 rings (SSSR count). The van der Waals surface area contributed by atoms with Gasteiger partial charge in [-0.25, -0.2) is 8.78 Å². The van der Waals surface area contributed by atoms with E-state index in [-0.39, 0.29) is 11.4 Å². The van der Waals surface area contributed by atoms with Crippen molar-refractivity contribution in [2.75, 3.05) is 5.73 Å². The van der Waals surface area contributed by atoms with Crippen molar-refractivity contribution < 1.29 is 13.7 Å². The van der Waals surface area contributed by atoms with Gasteiger partial charge in [0.05, 0.1) is 17.0 Å². The van der Waals surface area contributed by atoms with Crippen molar-refractivity contribution >= 4 is 23.2 Å². The number of nitro groups is 1. The average molecular weight is 238 g/mol. The molecule has 0 aromatic carbocycles. The molecule has 0 saturated heterocycles. The minimum atomic E-state index is -2.83. The van der Waals surface area contributed by atoms with E-state index in [1.807, 2.05) is 0 Å². The highest BCUT2D eigenvalue weighted by Gasteiger charge is 2.23. The van der Waals surface area contributed by atoms with Gasteiger partial charge in [0.25, 0.3) is 6.43 Å². The summed E-state index contributed by atoms with van der Waals surface area (Å²) in [6, 6.07) is 0.901. The van der Waals surface area contributed by atoms with Crippen LogP contribution in [0.5, 0.6) is 0 Å². The highest BCUT2D eigenvalue weighted by molar-refractivity contribution is 6.17. The lowest BCUT2D eigenvalue weighted by Gasteiger charge is -2.03. The monoisotopic (exact) mass is 237 g/mol. The summed E-state index contributed by atoms with van der Waals surface area (Å²) in [5.74, 6) is -1.42. The first-order chi connectivity index (χ1) is 6.97. The van der Waals surface area contributed by atoms with E-state index in [4.69, 9.17) is 17.3 Å². The molecule has 0 unspecified atom stereocenters. The first-order valence-corrected chi connectivity index (χ1v) is 4.28. The molecular weight excluding hydrogens is 232 g/mol. The topological polar surface area (TPSA) is 82.0 Å². The van der Waals surface area contributed by atoms with E-state index >= 15 is 0 Å². The molecule has 0 atom stereocenters. The molecule has 2 N–H and O–H groups in total. The van der Waals surface area contributed by atoms with Crippen LogP contribution in [0.15, 0.2) is 6.07 Å². The third-order valence-corrected chi connectivity index (χ3v) is 1.98. The number of pyridine rings is 1. The summed E-state index contributed by atoms with van der Waals surface area (Å²) in [5, 5.41) is 10.5. The maximum Gasteiger partial charge on any atom is 0.370 e. The van der Waals surface area contributed by atoms with Gasteiger partial charge >= 0.3 is 5.82 Å². The number of anilines is 1. The Morgan fingerprint density at radius 1 is 1.67 bits per heavy atom. The summed E-state index contributed by atoms with van der Waals surface area (Å²) in [6.07, 6.45) is -2.83. The molecule has 0 aliphatic heterocycles. The van der Waals surface area contributed by atoms with Crippen LogP contribution in [0.1, 0.15) is 17.6 Å². The Balaban J connectivity index is 3.35. The van der Waals surface area contributed by atoms with Crippen LogP contribution >= 0.6 is 11.6 Å². The number of nitrogens with two attached hydrogens (primary N) is 1. The van der Waals surface area contributed by atoms with Crippen LogP contribution in [-0.4, -0.2) is 9.91 Å². The minimum Gasteiger partial charge on any atom is -0.362 e. The molecule has 0 aliphatic rings. The Bertz CT molecular complexity index is 400. The molecule has 0 spiro atoms. The van der Waals surface area contributed by atoms with Crippen LogP contribution in [0.2, 0.25) is 0 Å². The van der Waals surface area contributed by atoms with Gasteiger partial charge in [-0.05, 0) is 16.0 Å². The van der Waals surface area contributed by atoms with E-state index in [9.17, 15) is 18.9 Å². The quantitative estimate of drug-likeness (QED) is 0.497. The Labute approximate surface area is 88.0 Å². The van der Waals surface area contributed by atoms with Gasteiger partial charge in [0.1, 0.15) is 0 Å². The zero-order valence-electron chi connectivity index (χ0n) is 7.28. The number of aromatic nitrogens is 1. The van der Waals surface area contributed by atoms with Crippen molar-refractivity contribution in [2.24, 2.45) is 0 Å². The molecule has 15 heavy (non-hydrogen) atoms. The number of halogens is 3. The second-order valence-corrected chi connectivity index (χ2v) is 2.90. The van der Waals surface area contributed by atoms with Gasteiger partial charge in [0, 0.05) is 0 Å². The molecule has 1 heterocycles. The summed E-state index contributed by atoms with van der Waals surface area (Å²) < 4.78 is 24.7. The molecule has 0 fully saturated rings. The molecule has 8 heteroatoms. The van der Waals surface area contributed by atoms with Crippen molar-refractivity contribution in [1.82, 2.24) is 4.98 Å². The lowest BCUT2D eigenvalue weighted by atomic mass is 10.2. The molecule has 1 aromatic rings. The second-order valence-electron chi connectivity index (χ2n) is 2.64. The van der Waals surface area contributed by atoms with Crippen LogP contribution in [0.25, 0.3) is 0 Å². The summed E-state index contributed by atoms with van der Waals surface area (Å²) in [4.78, 5) is 12.9. The molecular formula is C7H6ClF2N3O2. The van der Waals surface area contributed by atoms with E-state index < -0.39 is 28.5 Å². The number of rotatable bonds is 3. The third-order valence-electron chi connectivity index (χ3n) is 1.69. The van der Waals surface area contributed by atoms with Crippen molar-refractivity contribution in [3.8, 4) is 0 Å². The Hall–Kier alpha value is -1.50. The van der Waals surface area contributed by atoms with Gasteiger partial charge in [-0.3, -0.25) is 0 Å². The van der Waals surface area contributed by atoms with Crippen molar-refractivity contribution in [3.05, 3.63) is 27.3 Å². The van der Waals surface area contributed by atoms with E-state index in [0.717, 1.165) is 6.07 Å². The fourth-order valence-corrected chi connectivity index (χ4v) is 1.20. The molecule has 0 aliphatic carbocycles. The molecule has 1 aromatic heterocycles. The molecule has 0 amide bonds. The van der Waals surface area contributed by atoms with E-state index in [0.29, 0.717) is 0 Å². The Kier molecular flexibility index (Phi) is 3.35. The van der Waals surface area contributed by atoms with Gasteiger partial charge in [-0.1, -0.05) is 0 Å². The molecule has 0 bridgehead atoms. The number of hydrogen-bond donors (Lipinski definition) is 1. The number of alkyl halides is 3. The standard InChI is InChI=1S/C7H6ClF2N3O2/c8-2-3-1-4(5(9)10)6(11)12-7(3)13(14)15/h1,5H,2H2,(H2,11,12). The SMILES string of the molecule is Nc1nc([N+](=O)[O-])c(CCl)cc1C(F)F. The first-order valence-electron chi connectivity index (χ1n) is 3.75. The molecule has 0 radical (unpaired) electrons. The maximum atomic E-state index is 12.3. The number of nitrogens with zero attached hydrogens (tertiary/aromatic N) is 2. The zero-order valence-corrected chi connectivity index (χ0v) is 8.04. The zero-order chi connectivity index (χ0) is 11.6. The number of hydrogen-bond acceptors (Lipinski definition) is 4. The van der Waals surface area contributed by atoms with Crippen molar-refractivity contribution in [3.63, 3.8) is 0 Å². The maximum absolute atomic E-state index is 12.3. The fourth-order valence-electron chi connectivity index (χ4n) is 1.01. The van der Waals surface area contributed by atoms with Crippen LogP contribution in [0.3, 0.4) is 0 Å². The molecule has 0 saturated carbocycles. The van der Waals surface area contributed by atoms with Gasteiger partial charge in [-0.15, -0.1) is 11.6 Å². The summed E-state index contributed by atoms with van der Waals surface area (Å²) in [6.45, 7) is 0. The summed E-state index contributed by atoms with van der Waals surface area (Å²) in [5.41, 5.74) is 4.52. The lowest BCUT2D eigenvalue weighted by molar-refractivity contribution is -0.390. The van der Waals surface area contributed by atoms with Gasteiger partial charge in [0.15, 0.2) is 0 Å². The van der Waals surface area contributed by atoms with Crippen LogP contribution in [-0.2, 0) is 5.88 Å². The summed E-state index contributed by atoms with van der Waals surface area (Å²) in [7, 11) is 0. The van der Waals surface area contributed by atoms with Crippen LogP contribution in [0.4, 0.5) is 20.4 Å². The number of nitrogen functional groups attached to an aromatic ring is 1. The smallest absolute Gasteiger partial charge is 0.362 e. The van der Waals surface area contributed by atoms with E-state index in [2.05, 4.69) is 4.98 Å². The normalized spacial score (nSPS) is 10.7. The highest BCUT2D eigenvalue weighted by atomic mass is 35.5. The lowest BCUT2D eigenvalue weighted by Crippen LogP contribution is -2.05. The third kappa shape index (κ3) is 2.30. The summed E-state index contributed by atoms with van der Waals surface area (Å²) >= 11 is 5.37. The predicted molar refractivity (Wildman–Crippen MR) is 49.8 cm³/mol. The Morgan fingerprint density at radius 3 is 2.67 bits per heavy atom. The first kappa shape index (κ1) is 11.6. The van der Waals surface area contributed by atoms with E-state index in [1.54, 1.807) is 0 Å². The van der Waals surface area contributed by atoms with Crippen LogP contribution < -0.4 is 5.73 Å². The van der Waals surface area contributed by atoms with Crippen molar-refractivity contribution in [2.45, 2.75) is 12.3 Å². The minimum absolute atomic E-state index is 0.0776. The molecule has 5 nitrogen and oxygen atoms in total. The largest absolute Gasteiger partial charge is 0.370 e. The highest BCUT2D eigenvalue weighted by Crippen LogP contribution is 2.29. The van der Waals surface area contributed by atoms with Crippen LogP contribution in [0, 0.1) is 10.1 Å². The van der Waals surface area contributed by atoms with Gasteiger partial charge < -0.3 is 15.8 Å². The van der Waals surface area contributed by atoms with E-state index in [1.165, 1.54) is 0 Å².